The molecule has 1 atom stereocenters. The molecule has 0 saturated carbocycles. The number of likely N-dealkylation sites (N-methyl/N-ethyl adjacent to an activating group) is 1. The molecule has 1 aromatic carbocycles. The molecule has 1 spiro atoms. The standard InChI is InChI=1S/C20H29N3O3/c1-22-13-14-23(16-20(22)10-9-18(24)21-12-11-20)19(25)8-5-15-26-17-6-3-2-4-7-17/h2-4,6-7H,5,8-16H2,1H3,(H,21,24)/t20-/m0/s1. The van der Waals surface area contributed by atoms with Gasteiger partial charge in [0.25, 0.3) is 0 Å². The van der Waals surface area contributed by atoms with Gasteiger partial charge in [-0.1, -0.05) is 18.2 Å². The van der Waals surface area contributed by atoms with Gasteiger partial charge in [-0.25, -0.2) is 0 Å². The van der Waals surface area contributed by atoms with Crippen LogP contribution >= 0.6 is 0 Å². The van der Waals surface area contributed by atoms with E-state index in [2.05, 4.69) is 17.3 Å². The van der Waals surface area contributed by atoms with E-state index in [1.807, 2.05) is 35.2 Å². The fourth-order valence-corrected chi connectivity index (χ4v) is 3.90. The number of benzene rings is 1. The molecule has 3 rings (SSSR count). The summed E-state index contributed by atoms with van der Waals surface area (Å²) in [7, 11) is 2.12. The number of para-hydroxylation sites is 1. The molecule has 2 heterocycles. The molecule has 142 valence electrons. The number of hydrogen-bond acceptors (Lipinski definition) is 4. The van der Waals surface area contributed by atoms with Crippen LogP contribution in [0, 0.1) is 0 Å². The molecule has 0 aromatic heterocycles. The van der Waals surface area contributed by atoms with Gasteiger partial charge >= 0.3 is 0 Å². The fraction of sp³-hybridized carbons (Fsp3) is 0.600. The van der Waals surface area contributed by atoms with E-state index in [0.29, 0.717) is 32.4 Å². The van der Waals surface area contributed by atoms with Crippen molar-refractivity contribution in [2.24, 2.45) is 0 Å². The number of carbonyl (C=O) groups excluding carboxylic acids is 2. The lowest BCUT2D eigenvalue weighted by Gasteiger charge is -2.49. The van der Waals surface area contributed by atoms with E-state index in [1.54, 1.807) is 0 Å². The van der Waals surface area contributed by atoms with Crippen LogP contribution in [0.15, 0.2) is 30.3 Å². The quantitative estimate of drug-likeness (QED) is 0.812. The van der Waals surface area contributed by atoms with Crippen molar-refractivity contribution >= 4 is 11.8 Å². The number of rotatable bonds is 5. The first-order valence-corrected chi connectivity index (χ1v) is 9.53. The van der Waals surface area contributed by atoms with Gasteiger partial charge < -0.3 is 15.0 Å². The molecule has 1 N–H and O–H groups in total. The van der Waals surface area contributed by atoms with E-state index >= 15 is 0 Å². The molecular weight excluding hydrogens is 330 g/mol. The Kier molecular flexibility index (Phi) is 6.14. The van der Waals surface area contributed by atoms with Gasteiger partial charge in [0.05, 0.1) is 6.61 Å². The molecule has 2 amide bonds. The molecule has 2 saturated heterocycles. The van der Waals surface area contributed by atoms with Crippen LogP contribution in [-0.4, -0.2) is 67.0 Å². The van der Waals surface area contributed by atoms with Crippen molar-refractivity contribution in [2.75, 3.05) is 39.8 Å². The smallest absolute Gasteiger partial charge is 0.222 e. The second kappa shape index (κ2) is 8.54. The van der Waals surface area contributed by atoms with Gasteiger partial charge in [0.1, 0.15) is 5.75 Å². The highest BCUT2D eigenvalue weighted by molar-refractivity contribution is 5.77. The highest BCUT2D eigenvalue weighted by Crippen LogP contribution is 2.30. The fourth-order valence-electron chi connectivity index (χ4n) is 3.90. The number of nitrogens with zero attached hydrogens (tertiary/aromatic N) is 2. The van der Waals surface area contributed by atoms with Gasteiger partial charge in [0, 0.05) is 44.6 Å². The zero-order valence-corrected chi connectivity index (χ0v) is 15.6. The van der Waals surface area contributed by atoms with Gasteiger partial charge in [-0.05, 0) is 38.4 Å². The van der Waals surface area contributed by atoms with Gasteiger partial charge in [0.2, 0.25) is 11.8 Å². The molecule has 6 heteroatoms. The van der Waals surface area contributed by atoms with Crippen LogP contribution < -0.4 is 10.1 Å². The number of hydrogen-bond donors (Lipinski definition) is 1. The van der Waals surface area contributed by atoms with Crippen LogP contribution in [0.4, 0.5) is 0 Å². The first-order valence-electron chi connectivity index (χ1n) is 9.53. The second-order valence-corrected chi connectivity index (χ2v) is 7.33. The largest absolute Gasteiger partial charge is 0.494 e. The summed E-state index contributed by atoms with van der Waals surface area (Å²) < 4.78 is 5.67. The van der Waals surface area contributed by atoms with Crippen LogP contribution in [0.3, 0.4) is 0 Å². The van der Waals surface area contributed by atoms with Crippen molar-refractivity contribution in [3.8, 4) is 5.75 Å². The molecule has 26 heavy (non-hydrogen) atoms. The molecule has 0 unspecified atom stereocenters. The monoisotopic (exact) mass is 359 g/mol. The topological polar surface area (TPSA) is 61.9 Å². The minimum Gasteiger partial charge on any atom is -0.494 e. The maximum Gasteiger partial charge on any atom is 0.222 e. The summed E-state index contributed by atoms with van der Waals surface area (Å²) in [6, 6.07) is 9.68. The highest BCUT2D eigenvalue weighted by atomic mass is 16.5. The van der Waals surface area contributed by atoms with Crippen LogP contribution in [0.1, 0.15) is 32.1 Å². The summed E-state index contributed by atoms with van der Waals surface area (Å²) in [5.74, 6) is 1.16. The third kappa shape index (κ3) is 4.55. The van der Waals surface area contributed by atoms with Crippen LogP contribution in [0.2, 0.25) is 0 Å². The first kappa shape index (κ1) is 18.7. The highest BCUT2D eigenvalue weighted by Gasteiger charge is 2.41. The average Bonchev–Trinajstić information content (AvgIpc) is 2.84. The lowest BCUT2D eigenvalue weighted by Crippen LogP contribution is -2.62. The van der Waals surface area contributed by atoms with E-state index in [9.17, 15) is 9.59 Å². The molecule has 0 bridgehead atoms. The van der Waals surface area contributed by atoms with Crippen molar-refractivity contribution in [1.29, 1.82) is 0 Å². The lowest BCUT2D eigenvalue weighted by molar-refractivity contribution is -0.137. The van der Waals surface area contributed by atoms with E-state index in [4.69, 9.17) is 4.74 Å². The first-order chi connectivity index (χ1) is 12.6. The Labute approximate surface area is 155 Å². The number of nitrogens with one attached hydrogen (secondary N) is 1. The summed E-state index contributed by atoms with van der Waals surface area (Å²) in [4.78, 5) is 28.7. The zero-order valence-electron chi connectivity index (χ0n) is 15.6. The Morgan fingerprint density at radius 2 is 2.04 bits per heavy atom. The molecule has 0 aliphatic carbocycles. The van der Waals surface area contributed by atoms with Gasteiger partial charge in [-0.3, -0.25) is 14.5 Å². The predicted molar refractivity (Wildman–Crippen MR) is 100.0 cm³/mol. The van der Waals surface area contributed by atoms with Crippen LogP contribution in [0.5, 0.6) is 5.75 Å². The zero-order chi connectivity index (χ0) is 18.4. The van der Waals surface area contributed by atoms with Crippen molar-refractivity contribution in [1.82, 2.24) is 15.1 Å². The molecule has 2 aliphatic rings. The van der Waals surface area contributed by atoms with Gasteiger partial charge in [-0.15, -0.1) is 0 Å². The van der Waals surface area contributed by atoms with Crippen LogP contribution in [0.25, 0.3) is 0 Å². The third-order valence-corrected chi connectivity index (χ3v) is 5.63. The molecule has 0 radical (unpaired) electrons. The summed E-state index contributed by atoms with van der Waals surface area (Å²) >= 11 is 0. The SMILES string of the molecule is CN1CCN(C(=O)CCCOc2ccccc2)C[C@]12CCNC(=O)CC2. The van der Waals surface area contributed by atoms with E-state index in [-0.39, 0.29) is 17.4 Å². The molecular formula is C20H29N3O3. The van der Waals surface area contributed by atoms with Crippen molar-refractivity contribution in [3.63, 3.8) is 0 Å². The minimum absolute atomic E-state index is 0.0758. The number of carbonyl (C=O) groups is 2. The molecule has 2 fully saturated rings. The maximum atomic E-state index is 12.7. The molecule has 6 nitrogen and oxygen atoms in total. The van der Waals surface area contributed by atoms with E-state index in [1.165, 1.54) is 0 Å². The molecule has 2 aliphatic heterocycles. The Balaban J connectivity index is 1.49. The normalized spacial score (nSPS) is 24.2. The Bertz CT molecular complexity index is 622. The number of piperazine rings is 1. The average molecular weight is 359 g/mol. The number of ether oxygens (including phenoxy) is 1. The molecule has 1 aromatic rings. The lowest BCUT2D eigenvalue weighted by atomic mass is 9.86. The summed E-state index contributed by atoms with van der Waals surface area (Å²) in [6.07, 6.45) is 3.47. The predicted octanol–water partition coefficient (Wildman–Crippen LogP) is 1.66. The van der Waals surface area contributed by atoms with E-state index in [0.717, 1.165) is 38.2 Å². The summed E-state index contributed by atoms with van der Waals surface area (Å²) in [5, 5.41) is 2.95. The van der Waals surface area contributed by atoms with Crippen molar-refractivity contribution in [3.05, 3.63) is 30.3 Å². The Hall–Kier alpha value is -2.08. The summed E-state index contributed by atoms with van der Waals surface area (Å²) in [6.45, 7) is 3.58. The minimum atomic E-state index is -0.0758. The van der Waals surface area contributed by atoms with Crippen molar-refractivity contribution < 1.29 is 14.3 Å². The Morgan fingerprint density at radius 1 is 1.23 bits per heavy atom. The van der Waals surface area contributed by atoms with Crippen molar-refractivity contribution in [2.45, 2.75) is 37.6 Å². The second-order valence-electron chi connectivity index (χ2n) is 7.33. The van der Waals surface area contributed by atoms with Crippen LogP contribution in [-0.2, 0) is 9.59 Å². The third-order valence-electron chi connectivity index (χ3n) is 5.63. The van der Waals surface area contributed by atoms with Gasteiger partial charge in [0.15, 0.2) is 0 Å². The maximum absolute atomic E-state index is 12.7. The Morgan fingerprint density at radius 3 is 2.85 bits per heavy atom. The van der Waals surface area contributed by atoms with E-state index < -0.39 is 0 Å². The summed E-state index contributed by atoms with van der Waals surface area (Å²) in [5.41, 5.74) is -0.0758. The number of amides is 2. The van der Waals surface area contributed by atoms with Gasteiger partial charge in [-0.2, -0.15) is 0 Å².